The summed E-state index contributed by atoms with van der Waals surface area (Å²) in [4.78, 5) is 12.1. The zero-order valence-corrected chi connectivity index (χ0v) is 18.1. The van der Waals surface area contributed by atoms with Crippen molar-refractivity contribution in [2.24, 2.45) is 34.0 Å². The maximum absolute atomic E-state index is 12.1. The van der Waals surface area contributed by atoms with Crippen molar-refractivity contribution in [3.63, 3.8) is 0 Å². The summed E-state index contributed by atoms with van der Waals surface area (Å²) in [7, 11) is 0. The lowest BCUT2D eigenvalue weighted by molar-refractivity contribution is -0.153. The highest BCUT2D eigenvalue weighted by Gasteiger charge is 2.51. The smallest absolute Gasteiger partial charge is 0.311 e. The molecule has 0 aliphatic heterocycles. The van der Waals surface area contributed by atoms with Crippen LogP contribution in [0.4, 0.5) is 0 Å². The first-order chi connectivity index (χ1) is 11.2. The van der Waals surface area contributed by atoms with Crippen LogP contribution in [0, 0.1) is 34.0 Å². The van der Waals surface area contributed by atoms with Gasteiger partial charge < -0.3 is 4.74 Å². The van der Waals surface area contributed by atoms with Crippen molar-refractivity contribution in [1.29, 1.82) is 0 Å². The zero-order valence-electron chi connectivity index (χ0n) is 18.1. The van der Waals surface area contributed by atoms with Crippen LogP contribution < -0.4 is 0 Å². The fraction of sp³-hybridized carbons (Fsp3) is 0.870. The number of hydrogen-bond donors (Lipinski definition) is 0. The molecule has 0 spiro atoms. The number of carbonyl (C=O) groups excluding carboxylic acids is 1. The van der Waals surface area contributed by atoms with Gasteiger partial charge in [-0.1, -0.05) is 52.7 Å². The summed E-state index contributed by atoms with van der Waals surface area (Å²) >= 11 is 0. The van der Waals surface area contributed by atoms with E-state index in [-0.39, 0.29) is 16.8 Å². The normalized spacial score (nSPS) is 31.0. The topological polar surface area (TPSA) is 26.3 Å². The molecule has 0 aromatic carbocycles. The maximum atomic E-state index is 12.1. The molecule has 2 aliphatic carbocycles. The second-order valence-corrected chi connectivity index (χ2v) is 11.4. The van der Waals surface area contributed by atoms with E-state index in [4.69, 9.17) is 4.74 Å². The Labute approximate surface area is 155 Å². The van der Waals surface area contributed by atoms with E-state index in [2.05, 4.69) is 41.5 Å². The van der Waals surface area contributed by atoms with Crippen LogP contribution in [0.3, 0.4) is 0 Å². The molecule has 0 heterocycles. The molecule has 2 heteroatoms. The molecule has 1 unspecified atom stereocenters. The Bertz CT molecular complexity index is 500. The molecule has 144 valence electrons. The monoisotopic (exact) mass is 348 g/mol. The van der Waals surface area contributed by atoms with E-state index in [9.17, 15) is 4.79 Å². The molecule has 25 heavy (non-hydrogen) atoms. The molecule has 2 nitrogen and oxygen atoms in total. The maximum Gasteiger partial charge on any atom is 0.311 e. The molecule has 0 saturated heterocycles. The van der Waals surface area contributed by atoms with E-state index < -0.39 is 5.41 Å². The minimum absolute atomic E-state index is 0.0596. The molecule has 0 N–H and O–H groups in total. The Hall–Kier alpha value is -0.790. The Morgan fingerprint density at radius 2 is 1.24 bits per heavy atom. The number of rotatable bonds is 2. The highest BCUT2D eigenvalue weighted by Crippen LogP contribution is 2.56. The van der Waals surface area contributed by atoms with Gasteiger partial charge in [0.15, 0.2) is 0 Å². The van der Waals surface area contributed by atoms with Gasteiger partial charge in [0.25, 0.3) is 0 Å². The Morgan fingerprint density at radius 1 is 0.840 bits per heavy atom. The fourth-order valence-electron chi connectivity index (χ4n) is 4.60. The Morgan fingerprint density at radius 3 is 1.56 bits per heavy atom. The van der Waals surface area contributed by atoms with Crippen LogP contribution in [0.25, 0.3) is 0 Å². The van der Waals surface area contributed by atoms with E-state index in [1.807, 2.05) is 20.8 Å². The van der Waals surface area contributed by atoms with Crippen LogP contribution in [0.2, 0.25) is 0 Å². The minimum atomic E-state index is -0.395. The second kappa shape index (κ2) is 6.74. The summed E-state index contributed by atoms with van der Waals surface area (Å²) in [5.41, 5.74) is 3.46. The van der Waals surface area contributed by atoms with E-state index in [1.165, 1.54) is 25.7 Å². The lowest BCUT2D eigenvalue weighted by atomic mass is 9.71. The summed E-state index contributed by atoms with van der Waals surface area (Å²) in [6.07, 6.45) is 4.94. The average Bonchev–Trinajstić information content (AvgIpc) is 3.02. The molecule has 0 bridgehead atoms. The zero-order chi connectivity index (χ0) is 19.2. The molecule has 0 amide bonds. The average molecular weight is 349 g/mol. The molecule has 2 aliphatic rings. The lowest BCUT2D eigenvalue weighted by Crippen LogP contribution is -2.24. The quantitative estimate of drug-likeness (QED) is 0.426. The van der Waals surface area contributed by atoms with Gasteiger partial charge in [0.05, 0.1) is 12.0 Å². The van der Waals surface area contributed by atoms with Crippen LogP contribution in [0.1, 0.15) is 88.0 Å². The van der Waals surface area contributed by atoms with Gasteiger partial charge in [-0.05, 0) is 75.0 Å². The van der Waals surface area contributed by atoms with Crippen molar-refractivity contribution in [2.75, 3.05) is 6.61 Å². The third-order valence-corrected chi connectivity index (χ3v) is 6.16. The molecule has 0 radical (unpaired) electrons. The van der Waals surface area contributed by atoms with Crippen molar-refractivity contribution >= 4 is 5.97 Å². The van der Waals surface area contributed by atoms with Crippen LogP contribution >= 0.6 is 0 Å². The first-order valence-electron chi connectivity index (χ1n) is 10.1. The number of fused-ring (bicyclic) bond motifs is 1. The summed E-state index contributed by atoms with van der Waals surface area (Å²) in [6, 6.07) is 0. The van der Waals surface area contributed by atoms with Crippen molar-refractivity contribution < 1.29 is 9.53 Å². The van der Waals surface area contributed by atoms with Gasteiger partial charge in [-0.2, -0.15) is 0 Å². The first-order valence-corrected chi connectivity index (χ1v) is 10.1. The number of esters is 1. The van der Waals surface area contributed by atoms with Gasteiger partial charge in [0.1, 0.15) is 0 Å². The van der Waals surface area contributed by atoms with Gasteiger partial charge in [-0.15, -0.1) is 0 Å². The second-order valence-electron chi connectivity index (χ2n) is 11.4. The summed E-state index contributed by atoms with van der Waals surface area (Å²) in [5, 5.41) is 0. The van der Waals surface area contributed by atoms with Gasteiger partial charge in [0, 0.05) is 0 Å². The van der Waals surface area contributed by atoms with E-state index >= 15 is 0 Å². The molecule has 1 fully saturated rings. The van der Waals surface area contributed by atoms with Crippen LogP contribution in [0.5, 0.6) is 0 Å². The van der Waals surface area contributed by atoms with Gasteiger partial charge in [-0.3, -0.25) is 4.79 Å². The van der Waals surface area contributed by atoms with Gasteiger partial charge in [0.2, 0.25) is 0 Å². The summed E-state index contributed by atoms with van der Waals surface area (Å²) < 4.78 is 5.64. The highest BCUT2D eigenvalue weighted by molar-refractivity contribution is 5.75. The number of ether oxygens (including phenoxy) is 1. The van der Waals surface area contributed by atoms with E-state index in [1.54, 1.807) is 11.1 Å². The highest BCUT2D eigenvalue weighted by atomic mass is 16.5. The van der Waals surface area contributed by atoms with Crippen molar-refractivity contribution in [3.05, 3.63) is 11.1 Å². The number of carbonyl (C=O) groups is 1. The standard InChI is InChI=1S/C23H40O2/c1-21(2,3)18-12-10-15-16(11-13-19(18)22(4,5)6)17(15)14-25-20(24)23(7,8)9/h15-17H,10-14H2,1-9H3/b19-18-/t15-,16+,17?. The predicted molar refractivity (Wildman–Crippen MR) is 105 cm³/mol. The summed E-state index contributed by atoms with van der Waals surface area (Å²) in [5.74, 6) is 2.04. The van der Waals surface area contributed by atoms with Crippen LogP contribution in [-0.2, 0) is 9.53 Å². The van der Waals surface area contributed by atoms with E-state index in [0.717, 1.165) is 11.8 Å². The number of hydrogen-bond acceptors (Lipinski definition) is 2. The molecular formula is C23H40O2. The predicted octanol–water partition coefficient (Wildman–Crippen LogP) is 6.40. The number of allylic oxidation sites excluding steroid dienone is 2. The molecule has 1 saturated carbocycles. The van der Waals surface area contributed by atoms with Crippen LogP contribution in [-0.4, -0.2) is 12.6 Å². The van der Waals surface area contributed by atoms with E-state index in [0.29, 0.717) is 12.5 Å². The minimum Gasteiger partial charge on any atom is -0.465 e. The van der Waals surface area contributed by atoms with Gasteiger partial charge in [-0.25, -0.2) is 0 Å². The van der Waals surface area contributed by atoms with Crippen LogP contribution in [0.15, 0.2) is 11.1 Å². The van der Waals surface area contributed by atoms with Crippen molar-refractivity contribution in [3.8, 4) is 0 Å². The fourth-order valence-corrected chi connectivity index (χ4v) is 4.60. The lowest BCUT2D eigenvalue weighted by Gasteiger charge is -2.35. The SMILES string of the molecule is CC(C)(C)C(=O)OCC1[C@H]2CC/C(C(C)(C)C)=C(/C(C)(C)C)CC[C@@H]12. The molecule has 3 atom stereocenters. The third kappa shape index (κ3) is 4.89. The molecule has 0 aromatic rings. The Kier molecular flexibility index (Phi) is 5.53. The Balaban J connectivity index is 2.05. The largest absolute Gasteiger partial charge is 0.465 e. The van der Waals surface area contributed by atoms with Crippen molar-refractivity contribution in [2.45, 2.75) is 88.0 Å². The first kappa shape index (κ1) is 20.5. The summed E-state index contributed by atoms with van der Waals surface area (Å²) in [6.45, 7) is 20.6. The molecule has 0 aromatic heterocycles. The van der Waals surface area contributed by atoms with Crippen molar-refractivity contribution in [1.82, 2.24) is 0 Å². The molecule has 2 rings (SSSR count). The third-order valence-electron chi connectivity index (χ3n) is 6.16. The van der Waals surface area contributed by atoms with Gasteiger partial charge >= 0.3 is 5.97 Å². The molecular weight excluding hydrogens is 308 g/mol.